The number of benzene rings is 2. The van der Waals surface area contributed by atoms with Crippen LogP contribution >= 0.6 is 11.3 Å². The highest BCUT2D eigenvalue weighted by Crippen LogP contribution is 2.28. The molecule has 3 amide bonds. The predicted molar refractivity (Wildman–Crippen MR) is 130 cm³/mol. The number of fused-ring (bicyclic) bond motifs is 1. The predicted octanol–water partition coefficient (Wildman–Crippen LogP) is 4.99. The number of amides is 3. The van der Waals surface area contributed by atoms with Gasteiger partial charge in [0, 0.05) is 4.88 Å². The first-order chi connectivity index (χ1) is 17.0. The molecule has 0 saturated heterocycles. The van der Waals surface area contributed by atoms with Gasteiger partial charge in [-0.2, -0.15) is 0 Å². The van der Waals surface area contributed by atoms with Crippen LogP contribution in [0.2, 0.25) is 0 Å². The van der Waals surface area contributed by atoms with Gasteiger partial charge in [0.25, 0.3) is 17.7 Å². The van der Waals surface area contributed by atoms with Crippen molar-refractivity contribution in [2.24, 2.45) is 0 Å². The summed E-state index contributed by atoms with van der Waals surface area (Å²) in [5, 5.41) is 1.97. The van der Waals surface area contributed by atoms with E-state index in [4.69, 9.17) is 9.15 Å². The highest BCUT2D eigenvalue weighted by molar-refractivity contribution is 7.09. The Hall–Kier alpha value is -4.17. The molecule has 176 valence electrons. The maximum atomic E-state index is 13.7. The number of carbonyl (C=O) groups is 3. The average molecular weight is 487 g/mol. The van der Waals surface area contributed by atoms with Crippen molar-refractivity contribution < 1.29 is 23.5 Å². The second-order valence-corrected chi connectivity index (χ2v) is 9.13. The first-order valence-electron chi connectivity index (χ1n) is 11.0. The molecular formula is C27H22N2O5S. The van der Waals surface area contributed by atoms with E-state index in [0.717, 1.165) is 4.88 Å². The van der Waals surface area contributed by atoms with Crippen LogP contribution in [-0.4, -0.2) is 34.6 Å². The zero-order valence-corrected chi connectivity index (χ0v) is 19.8. The Morgan fingerprint density at radius 1 is 0.971 bits per heavy atom. The molecule has 0 saturated carbocycles. The van der Waals surface area contributed by atoms with Crippen molar-refractivity contribution >= 4 is 29.1 Å². The van der Waals surface area contributed by atoms with E-state index in [2.05, 4.69) is 0 Å². The first-order valence-corrected chi connectivity index (χ1v) is 11.9. The molecule has 0 N–H and O–H groups in total. The molecule has 8 heteroatoms. The number of hydrogen-bond donors (Lipinski definition) is 0. The summed E-state index contributed by atoms with van der Waals surface area (Å²) in [6.45, 7) is 0.748. The van der Waals surface area contributed by atoms with Gasteiger partial charge in [0.15, 0.2) is 0 Å². The number of ether oxygens (including phenoxy) is 1. The van der Waals surface area contributed by atoms with Crippen LogP contribution in [0.3, 0.4) is 0 Å². The van der Waals surface area contributed by atoms with Gasteiger partial charge in [-0.1, -0.05) is 24.3 Å². The van der Waals surface area contributed by atoms with Crippen LogP contribution in [0, 0.1) is 0 Å². The number of carbonyl (C=O) groups excluding carboxylic acids is 3. The van der Waals surface area contributed by atoms with E-state index in [9.17, 15) is 14.4 Å². The van der Waals surface area contributed by atoms with Crippen LogP contribution in [0.1, 0.15) is 47.3 Å². The van der Waals surface area contributed by atoms with Crippen molar-refractivity contribution in [1.82, 2.24) is 9.80 Å². The van der Waals surface area contributed by atoms with E-state index in [1.165, 1.54) is 12.0 Å². The minimum absolute atomic E-state index is 0.0553. The normalized spacial score (nSPS) is 12.7. The van der Waals surface area contributed by atoms with E-state index < -0.39 is 0 Å². The van der Waals surface area contributed by atoms with Gasteiger partial charge in [-0.25, -0.2) is 0 Å². The Morgan fingerprint density at radius 3 is 2.37 bits per heavy atom. The Bertz CT molecular complexity index is 1310. The number of furan rings is 1. The van der Waals surface area contributed by atoms with Gasteiger partial charge in [0.2, 0.25) is 0 Å². The van der Waals surface area contributed by atoms with E-state index >= 15 is 0 Å². The molecule has 0 aliphatic carbocycles. The maximum absolute atomic E-state index is 13.7. The van der Waals surface area contributed by atoms with Crippen LogP contribution in [0.15, 0.2) is 82.8 Å². The van der Waals surface area contributed by atoms with Crippen molar-refractivity contribution in [2.75, 3.05) is 7.11 Å². The van der Waals surface area contributed by atoms with E-state index in [1.54, 1.807) is 71.0 Å². The zero-order chi connectivity index (χ0) is 24.4. The summed E-state index contributed by atoms with van der Waals surface area (Å²) in [5.41, 5.74) is 1.79. The standard InChI is InChI=1S/C27H22N2O5S/c1-33-24-11-10-18(15-29-26(31)21-8-2-3-9-22(21)27(29)32)14-23(24)25(30)28(16-19-6-4-12-34-19)17-20-7-5-13-35-20/h2-14H,15-17H2,1H3. The fraction of sp³-hybridized carbons (Fsp3) is 0.148. The molecule has 0 fully saturated rings. The number of nitrogens with zero attached hydrogens (tertiary/aromatic N) is 2. The summed E-state index contributed by atoms with van der Waals surface area (Å²) in [5.74, 6) is 0.154. The minimum atomic E-state index is -0.341. The topological polar surface area (TPSA) is 80.1 Å². The lowest BCUT2D eigenvalue weighted by Gasteiger charge is -2.23. The van der Waals surface area contributed by atoms with E-state index in [0.29, 0.717) is 40.3 Å². The minimum Gasteiger partial charge on any atom is -0.496 e. The Labute approximate surface area is 206 Å². The quantitative estimate of drug-likeness (QED) is 0.328. The van der Waals surface area contributed by atoms with Crippen molar-refractivity contribution in [1.29, 1.82) is 0 Å². The van der Waals surface area contributed by atoms with E-state index in [-0.39, 0.29) is 30.8 Å². The van der Waals surface area contributed by atoms with Gasteiger partial charge in [0.1, 0.15) is 11.5 Å². The van der Waals surface area contributed by atoms with Crippen LogP contribution in [0.5, 0.6) is 5.75 Å². The molecule has 1 aliphatic rings. The summed E-state index contributed by atoms with van der Waals surface area (Å²) in [4.78, 5) is 43.3. The van der Waals surface area contributed by atoms with Crippen molar-refractivity contribution in [3.05, 3.63) is 111 Å². The summed E-state index contributed by atoms with van der Waals surface area (Å²) < 4.78 is 11.0. The van der Waals surface area contributed by atoms with Gasteiger partial charge in [0.05, 0.1) is 49.7 Å². The summed E-state index contributed by atoms with van der Waals surface area (Å²) >= 11 is 1.57. The average Bonchev–Trinajstić information content (AvgIpc) is 3.64. The lowest BCUT2D eigenvalue weighted by molar-refractivity contribution is 0.0642. The van der Waals surface area contributed by atoms with Gasteiger partial charge >= 0.3 is 0 Å². The molecule has 4 aromatic rings. The molecule has 0 atom stereocenters. The van der Waals surface area contributed by atoms with Crippen molar-refractivity contribution in [2.45, 2.75) is 19.6 Å². The van der Waals surface area contributed by atoms with Gasteiger partial charge in [-0.15, -0.1) is 11.3 Å². The number of thiophene rings is 1. The fourth-order valence-corrected chi connectivity index (χ4v) is 4.86. The van der Waals surface area contributed by atoms with Gasteiger partial charge in [-0.3, -0.25) is 19.3 Å². The molecule has 5 rings (SSSR count). The molecule has 2 aromatic heterocycles. The molecule has 0 bridgehead atoms. The Kier molecular flexibility index (Phi) is 6.20. The monoisotopic (exact) mass is 486 g/mol. The molecule has 3 heterocycles. The van der Waals surface area contributed by atoms with Crippen molar-refractivity contribution in [3.63, 3.8) is 0 Å². The lowest BCUT2D eigenvalue weighted by Crippen LogP contribution is -2.31. The van der Waals surface area contributed by atoms with E-state index in [1.807, 2.05) is 23.6 Å². The summed E-state index contributed by atoms with van der Waals surface area (Å²) in [6.07, 6.45) is 1.58. The van der Waals surface area contributed by atoms with Gasteiger partial charge < -0.3 is 14.1 Å². The number of methoxy groups -OCH3 is 1. The summed E-state index contributed by atoms with van der Waals surface area (Å²) in [6, 6.07) is 19.4. The molecule has 7 nitrogen and oxygen atoms in total. The fourth-order valence-electron chi connectivity index (χ4n) is 4.14. The molecule has 0 radical (unpaired) electrons. The SMILES string of the molecule is COc1ccc(CN2C(=O)c3ccccc3C2=O)cc1C(=O)N(Cc1ccco1)Cc1cccs1. The number of imide groups is 1. The Morgan fingerprint density at radius 2 is 1.74 bits per heavy atom. The molecular weight excluding hydrogens is 464 g/mol. The molecule has 35 heavy (non-hydrogen) atoms. The molecule has 1 aliphatic heterocycles. The highest BCUT2D eigenvalue weighted by Gasteiger charge is 2.35. The van der Waals surface area contributed by atoms with Gasteiger partial charge in [-0.05, 0) is 53.4 Å². The third-order valence-corrected chi connectivity index (χ3v) is 6.72. The lowest BCUT2D eigenvalue weighted by atomic mass is 10.1. The molecule has 0 spiro atoms. The summed E-state index contributed by atoms with van der Waals surface area (Å²) in [7, 11) is 1.51. The highest BCUT2D eigenvalue weighted by atomic mass is 32.1. The third-order valence-electron chi connectivity index (χ3n) is 5.85. The van der Waals surface area contributed by atoms with Crippen LogP contribution in [0.25, 0.3) is 0 Å². The van der Waals surface area contributed by atoms with Crippen LogP contribution in [-0.2, 0) is 19.6 Å². The number of rotatable bonds is 8. The number of hydrogen-bond acceptors (Lipinski definition) is 6. The molecule has 2 aromatic carbocycles. The smallest absolute Gasteiger partial charge is 0.261 e. The zero-order valence-electron chi connectivity index (χ0n) is 19.0. The molecule has 0 unspecified atom stereocenters. The third kappa shape index (κ3) is 4.48. The van der Waals surface area contributed by atoms with Crippen molar-refractivity contribution in [3.8, 4) is 5.75 Å². The largest absolute Gasteiger partial charge is 0.496 e. The second kappa shape index (κ2) is 9.60. The first kappa shape index (κ1) is 22.6. The maximum Gasteiger partial charge on any atom is 0.261 e. The second-order valence-electron chi connectivity index (χ2n) is 8.10. The van der Waals surface area contributed by atoms with Crippen LogP contribution < -0.4 is 4.74 Å². The Balaban J connectivity index is 1.44. The van der Waals surface area contributed by atoms with Crippen LogP contribution in [0.4, 0.5) is 0 Å².